The number of anilines is 1. The lowest BCUT2D eigenvalue weighted by Crippen LogP contribution is -2.50. The number of carbonyl (C=O) groups excluding carboxylic acids is 1. The smallest absolute Gasteiger partial charge is 0.238 e. The number of nitrogens with zero attached hydrogens (tertiary/aromatic N) is 2. The highest BCUT2D eigenvalue weighted by Crippen LogP contribution is 2.19. The van der Waals surface area contributed by atoms with Gasteiger partial charge in [0.15, 0.2) is 0 Å². The van der Waals surface area contributed by atoms with Crippen molar-refractivity contribution in [3.8, 4) is 0 Å². The Kier molecular flexibility index (Phi) is 6.45. The van der Waals surface area contributed by atoms with Crippen molar-refractivity contribution in [3.63, 3.8) is 0 Å². The van der Waals surface area contributed by atoms with Gasteiger partial charge in [-0.15, -0.1) is 0 Å². The van der Waals surface area contributed by atoms with Gasteiger partial charge in [-0.2, -0.15) is 0 Å². The Morgan fingerprint density at radius 2 is 1.68 bits per heavy atom. The van der Waals surface area contributed by atoms with Gasteiger partial charge in [-0.3, -0.25) is 9.69 Å². The number of piperazine rings is 1. The number of benzene rings is 1. The quantitative estimate of drug-likeness (QED) is 0.856. The van der Waals surface area contributed by atoms with Crippen LogP contribution in [-0.2, 0) is 4.79 Å². The van der Waals surface area contributed by atoms with Gasteiger partial charge in [0.1, 0.15) is 0 Å². The molecule has 2 N–H and O–H groups in total. The molecule has 0 aromatic heterocycles. The number of carbonyl (C=O) groups is 1. The number of hydrogen-bond donors (Lipinski definition) is 2. The molecule has 0 spiro atoms. The third-order valence-electron chi connectivity index (χ3n) is 5.55. The Bertz CT molecular complexity index is 555. The van der Waals surface area contributed by atoms with E-state index in [1.54, 1.807) is 0 Å². The SMILES string of the molecule is Cc1cccc(C)c1NC(=O)CN1CCN(CC2CCNCC2)CC1. The molecular formula is C20H32N4O. The van der Waals surface area contributed by atoms with Gasteiger partial charge >= 0.3 is 0 Å². The average Bonchev–Trinajstić information content (AvgIpc) is 2.61. The van der Waals surface area contributed by atoms with Crippen molar-refractivity contribution in [1.29, 1.82) is 0 Å². The fourth-order valence-corrected chi connectivity index (χ4v) is 3.95. The van der Waals surface area contributed by atoms with Gasteiger partial charge in [0, 0.05) is 38.4 Å². The minimum Gasteiger partial charge on any atom is -0.324 e. The second kappa shape index (κ2) is 8.79. The second-order valence-electron chi connectivity index (χ2n) is 7.59. The normalized spacial score (nSPS) is 20.6. The van der Waals surface area contributed by atoms with Crippen molar-refractivity contribution < 1.29 is 4.79 Å². The summed E-state index contributed by atoms with van der Waals surface area (Å²) in [6, 6.07) is 6.12. The van der Waals surface area contributed by atoms with Crippen LogP contribution in [-0.4, -0.2) is 68.1 Å². The number of piperidine rings is 1. The topological polar surface area (TPSA) is 47.6 Å². The molecule has 138 valence electrons. The number of hydrogen-bond acceptors (Lipinski definition) is 4. The Hall–Kier alpha value is -1.43. The summed E-state index contributed by atoms with van der Waals surface area (Å²) in [6.45, 7) is 12.3. The lowest BCUT2D eigenvalue weighted by atomic mass is 9.97. The zero-order valence-corrected chi connectivity index (χ0v) is 15.7. The van der Waals surface area contributed by atoms with Gasteiger partial charge in [0.25, 0.3) is 0 Å². The van der Waals surface area contributed by atoms with E-state index in [9.17, 15) is 4.79 Å². The van der Waals surface area contributed by atoms with Crippen molar-refractivity contribution >= 4 is 11.6 Å². The molecule has 0 unspecified atom stereocenters. The van der Waals surface area contributed by atoms with Crippen LogP contribution in [0.2, 0.25) is 0 Å². The largest absolute Gasteiger partial charge is 0.324 e. The first-order valence-corrected chi connectivity index (χ1v) is 9.63. The molecule has 0 bridgehead atoms. The summed E-state index contributed by atoms with van der Waals surface area (Å²) in [5.74, 6) is 0.948. The number of rotatable bonds is 5. The summed E-state index contributed by atoms with van der Waals surface area (Å²) in [6.07, 6.45) is 2.61. The van der Waals surface area contributed by atoms with Crippen LogP contribution in [0, 0.1) is 19.8 Å². The van der Waals surface area contributed by atoms with E-state index < -0.39 is 0 Å². The Labute approximate surface area is 151 Å². The summed E-state index contributed by atoms with van der Waals surface area (Å²) in [4.78, 5) is 17.3. The highest BCUT2D eigenvalue weighted by Gasteiger charge is 2.22. The van der Waals surface area contributed by atoms with E-state index >= 15 is 0 Å². The molecule has 0 atom stereocenters. The summed E-state index contributed by atoms with van der Waals surface area (Å²) in [7, 11) is 0. The van der Waals surface area contributed by atoms with Gasteiger partial charge < -0.3 is 15.5 Å². The van der Waals surface area contributed by atoms with Crippen molar-refractivity contribution in [2.24, 2.45) is 5.92 Å². The predicted molar refractivity (Wildman–Crippen MR) is 103 cm³/mol. The van der Waals surface area contributed by atoms with Crippen LogP contribution in [0.4, 0.5) is 5.69 Å². The van der Waals surface area contributed by atoms with Gasteiger partial charge in [-0.05, 0) is 56.8 Å². The van der Waals surface area contributed by atoms with Crippen molar-refractivity contribution in [2.75, 3.05) is 57.7 Å². The lowest BCUT2D eigenvalue weighted by molar-refractivity contribution is -0.117. The molecule has 1 amide bonds. The molecule has 2 aliphatic rings. The molecule has 1 aromatic rings. The molecule has 0 aliphatic carbocycles. The number of nitrogens with one attached hydrogen (secondary N) is 2. The minimum absolute atomic E-state index is 0.101. The number of amides is 1. The van der Waals surface area contributed by atoms with Gasteiger partial charge in [-0.1, -0.05) is 18.2 Å². The maximum Gasteiger partial charge on any atom is 0.238 e. The van der Waals surface area contributed by atoms with Crippen LogP contribution in [0.25, 0.3) is 0 Å². The molecule has 2 fully saturated rings. The highest BCUT2D eigenvalue weighted by atomic mass is 16.2. The Morgan fingerprint density at radius 1 is 1.08 bits per heavy atom. The van der Waals surface area contributed by atoms with E-state index in [2.05, 4.69) is 20.4 Å². The molecule has 2 heterocycles. The molecule has 25 heavy (non-hydrogen) atoms. The van der Waals surface area contributed by atoms with E-state index in [1.807, 2.05) is 32.0 Å². The van der Waals surface area contributed by atoms with Crippen LogP contribution in [0.5, 0.6) is 0 Å². The maximum absolute atomic E-state index is 12.4. The lowest BCUT2D eigenvalue weighted by Gasteiger charge is -2.37. The van der Waals surface area contributed by atoms with E-state index in [-0.39, 0.29) is 5.91 Å². The van der Waals surface area contributed by atoms with Crippen LogP contribution >= 0.6 is 0 Å². The molecule has 0 saturated carbocycles. The van der Waals surface area contributed by atoms with E-state index in [1.165, 1.54) is 32.5 Å². The number of aryl methyl sites for hydroxylation is 2. The monoisotopic (exact) mass is 344 g/mol. The van der Waals surface area contributed by atoms with Crippen LogP contribution in [0.1, 0.15) is 24.0 Å². The molecule has 3 rings (SSSR count). The summed E-state index contributed by atoms with van der Waals surface area (Å²) in [5, 5.41) is 6.54. The van der Waals surface area contributed by atoms with Gasteiger partial charge in [0.2, 0.25) is 5.91 Å². The zero-order chi connectivity index (χ0) is 17.6. The van der Waals surface area contributed by atoms with Crippen LogP contribution in [0.15, 0.2) is 18.2 Å². The zero-order valence-electron chi connectivity index (χ0n) is 15.7. The maximum atomic E-state index is 12.4. The highest BCUT2D eigenvalue weighted by molar-refractivity contribution is 5.93. The minimum atomic E-state index is 0.101. The molecule has 1 aromatic carbocycles. The van der Waals surface area contributed by atoms with Gasteiger partial charge in [0.05, 0.1) is 6.54 Å². The van der Waals surface area contributed by atoms with Crippen LogP contribution in [0.3, 0.4) is 0 Å². The van der Waals surface area contributed by atoms with Gasteiger partial charge in [-0.25, -0.2) is 0 Å². The third-order valence-corrected chi connectivity index (χ3v) is 5.55. The molecule has 0 radical (unpaired) electrons. The molecular weight excluding hydrogens is 312 g/mol. The first kappa shape index (κ1) is 18.4. The summed E-state index contributed by atoms with van der Waals surface area (Å²) in [5.41, 5.74) is 3.22. The standard InChI is InChI=1S/C20H32N4O/c1-16-4-3-5-17(2)20(16)22-19(25)15-24-12-10-23(11-13-24)14-18-6-8-21-9-7-18/h3-5,18,21H,6-15H2,1-2H3,(H,22,25). The van der Waals surface area contributed by atoms with E-state index in [4.69, 9.17) is 0 Å². The van der Waals surface area contributed by atoms with Crippen molar-refractivity contribution in [3.05, 3.63) is 29.3 Å². The number of para-hydroxylation sites is 1. The summed E-state index contributed by atoms with van der Waals surface area (Å²) >= 11 is 0. The molecule has 2 saturated heterocycles. The van der Waals surface area contributed by atoms with Crippen molar-refractivity contribution in [2.45, 2.75) is 26.7 Å². The fraction of sp³-hybridized carbons (Fsp3) is 0.650. The fourth-order valence-electron chi connectivity index (χ4n) is 3.95. The van der Waals surface area contributed by atoms with E-state index in [0.29, 0.717) is 6.54 Å². The summed E-state index contributed by atoms with van der Waals surface area (Å²) < 4.78 is 0. The second-order valence-corrected chi connectivity index (χ2v) is 7.59. The third kappa shape index (κ3) is 5.27. The van der Waals surface area contributed by atoms with E-state index in [0.717, 1.165) is 48.9 Å². The first-order chi connectivity index (χ1) is 12.1. The van der Waals surface area contributed by atoms with Crippen molar-refractivity contribution in [1.82, 2.24) is 15.1 Å². The molecule has 5 heteroatoms. The Morgan fingerprint density at radius 3 is 2.32 bits per heavy atom. The Balaban J connectivity index is 1.41. The average molecular weight is 345 g/mol. The molecule has 5 nitrogen and oxygen atoms in total. The first-order valence-electron chi connectivity index (χ1n) is 9.63. The molecule has 2 aliphatic heterocycles. The predicted octanol–water partition coefficient (Wildman–Crippen LogP) is 1.86. The van der Waals surface area contributed by atoms with Crippen LogP contribution < -0.4 is 10.6 Å².